The van der Waals surface area contributed by atoms with Crippen molar-refractivity contribution in [3.8, 4) is 0 Å². The smallest absolute Gasteiger partial charge is 0.204 e. The second-order valence-electron chi connectivity index (χ2n) is 5.50. The molecule has 0 aromatic heterocycles. The van der Waals surface area contributed by atoms with Crippen molar-refractivity contribution in [1.82, 2.24) is 4.98 Å². The van der Waals surface area contributed by atoms with Crippen molar-refractivity contribution in [1.29, 1.82) is 0 Å². The molecule has 3 N–H and O–H groups in total. The lowest BCUT2D eigenvalue weighted by molar-refractivity contribution is 0.478. The highest BCUT2D eigenvalue weighted by Crippen LogP contribution is 2.44. The van der Waals surface area contributed by atoms with Gasteiger partial charge >= 0.3 is 0 Å². The van der Waals surface area contributed by atoms with Crippen molar-refractivity contribution < 1.29 is 0 Å². The summed E-state index contributed by atoms with van der Waals surface area (Å²) in [5.74, 6) is 0. The Labute approximate surface area is 95.2 Å². The maximum atomic E-state index is 6.81. The third-order valence-corrected chi connectivity index (χ3v) is 9.47. The van der Waals surface area contributed by atoms with Gasteiger partial charge in [-0.15, -0.1) is 0 Å². The summed E-state index contributed by atoms with van der Waals surface area (Å²) in [6.07, 6.45) is 12.7. The Balaban J connectivity index is 2.04. The fourth-order valence-electron chi connectivity index (χ4n) is 3.73. The molecule has 1 unspecified atom stereocenters. The average molecular weight is 226 g/mol. The van der Waals surface area contributed by atoms with Gasteiger partial charge in [-0.1, -0.05) is 57.8 Å². The Morgan fingerprint density at radius 2 is 1.27 bits per heavy atom. The molecular weight excluding hydrogens is 200 g/mol. The lowest BCUT2D eigenvalue weighted by Crippen LogP contribution is -2.64. The van der Waals surface area contributed by atoms with E-state index in [4.69, 9.17) is 5.40 Å². The highest BCUT2D eigenvalue weighted by atomic mass is 28.3. The summed E-state index contributed by atoms with van der Waals surface area (Å²) < 4.78 is 0. The summed E-state index contributed by atoms with van der Waals surface area (Å²) in [6, 6.07) is 0. The minimum Gasteiger partial charge on any atom is -0.339 e. The van der Waals surface area contributed by atoms with Crippen LogP contribution in [0.15, 0.2) is 0 Å². The second-order valence-corrected chi connectivity index (χ2v) is 9.50. The van der Waals surface area contributed by atoms with Gasteiger partial charge in [-0.05, 0) is 18.1 Å². The third kappa shape index (κ3) is 2.29. The van der Waals surface area contributed by atoms with E-state index in [1.165, 1.54) is 57.8 Å². The van der Waals surface area contributed by atoms with Crippen LogP contribution in [0.3, 0.4) is 0 Å². The number of hydrogen-bond donors (Lipinski definition) is 2. The molecule has 3 heteroatoms. The van der Waals surface area contributed by atoms with Gasteiger partial charge in [-0.25, -0.2) is 0 Å². The summed E-state index contributed by atoms with van der Waals surface area (Å²) in [5.41, 5.74) is 1.73. The van der Waals surface area contributed by atoms with E-state index >= 15 is 0 Å². The maximum absolute atomic E-state index is 6.81. The summed E-state index contributed by atoms with van der Waals surface area (Å²) in [5, 5.41) is 6.81. The van der Waals surface area contributed by atoms with Crippen LogP contribution < -0.4 is 10.4 Å². The van der Waals surface area contributed by atoms with Crippen LogP contribution in [0.25, 0.3) is 0 Å². The minimum absolute atomic E-state index is 0.861. The van der Waals surface area contributed by atoms with Gasteiger partial charge < -0.3 is 10.4 Å². The van der Waals surface area contributed by atoms with Gasteiger partial charge in [-0.3, -0.25) is 0 Å². The molecule has 15 heavy (non-hydrogen) atoms. The van der Waals surface area contributed by atoms with E-state index in [0.29, 0.717) is 0 Å². The van der Waals surface area contributed by atoms with E-state index in [2.05, 4.69) is 12.0 Å². The highest BCUT2D eigenvalue weighted by molar-refractivity contribution is 6.77. The SMILES string of the molecule is CN[Si](N)(C1CCCCC1)C1CCCC1. The maximum Gasteiger partial charge on any atom is 0.204 e. The van der Waals surface area contributed by atoms with Crippen LogP contribution in [0.4, 0.5) is 0 Å². The number of nitrogens with two attached hydrogens (primary N) is 1. The Bertz CT molecular complexity index is 198. The molecule has 2 nitrogen and oxygen atoms in total. The molecule has 0 amide bonds. The summed E-state index contributed by atoms with van der Waals surface area (Å²) >= 11 is 0. The van der Waals surface area contributed by atoms with Crippen LogP contribution in [-0.4, -0.2) is 15.4 Å². The Morgan fingerprint density at radius 3 is 1.67 bits per heavy atom. The molecule has 2 rings (SSSR count). The van der Waals surface area contributed by atoms with Crippen LogP contribution in [0.2, 0.25) is 11.1 Å². The summed E-state index contributed by atoms with van der Waals surface area (Å²) in [4.78, 5) is 3.61. The molecule has 2 aliphatic carbocycles. The van der Waals surface area contributed by atoms with Crippen molar-refractivity contribution in [3.05, 3.63) is 0 Å². The van der Waals surface area contributed by atoms with Crippen molar-refractivity contribution in [2.45, 2.75) is 68.9 Å². The normalized spacial score (nSPS) is 29.2. The van der Waals surface area contributed by atoms with Crippen molar-refractivity contribution in [3.63, 3.8) is 0 Å². The van der Waals surface area contributed by atoms with Gasteiger partial charge in [0, 0.05) is 0 Å². The fourth-order valence-corrected chi connectivity index (χ4v) is 7.94. The molecule has 88 valence electrons. The van der Waals surface area contributed by atoms with Gasteiger partial charge in [0.2, 0.25) is 8.40 Å². The molecule has 0 bridgehead atoms. The average Bonchev–Trinajstić information content (AvgIpc) is 2.83. The standard InChI is InChI=1S/C12H26N2Si/c1-14-15(13,12-9-5-6-10-12)11-7-3-2-4-8-11/h11-12,14H,2-10,13H2,1H3. The zero-order chi connectivity index (χ0) is 10.7. The van der Waals surface area contributed by atoms with Crippen molar-refractivity contribution in [2.24, 2.45) is 5.40 Å². The highest BCUT2D eigenvalue weighted by Gasteiger charge is 2.45. The van der Waals surface area contributed by atoms with E-state index in [9.17, 15) is 0 Å². The first-order valence-corrected chi connectivity index (χ1v) is 8.98. The quantitative estimate of drug-likeness (QED) is 0.726. The predicted octanol–water partition coefficient (Wildman–Crippen LogP) is 2.89. The van der Waals surface area contributed by atoms with Gasteiger partial charge in [0.05, 0.1) is 0 Å². The van der Waals surface area contributed by atoms with Gasteiger partial charge in [0.1, 0.15) is 0 Å². The predicted molar refractivity (Wildman–Crippen MR) is 68.1 cm³/mol. The van der Waals surface area contributed by atoms with E-state index in [-0.39, 0.29) is 0 Å². The lowest BCUT2D eigenvalue weighted by Gasteiger charge is -2.41. The molecule has 2 fully saturated rings. The van der Waals surface area contributed by atoms with E-state index in [1.807, 2.05) is 0 Å². The Hall–Kier alpha value is 0.137. The minimum atomic E-state index is -1.64. The zero-order valence-corrected chi connectivity index (χ0v) is 11.1. The molecule has 0 radical (unpaired) electrons. The molecule has 0 heterocycles. The van der Waals surface area contributed by atoms with Crippen LogP contribution in [0.1, 0.15) is 57.8 Å². The van der Waals surface area contributed by atoms with Gasteiger partial charge in [0.15, 0.2) is 0 Å². The van der Waals surface area contributed by atoms with E-state index in [0.717, 1.165) is 11.1 Å². The van der Waals surface area contributed by atoms with E-state index < -0.39 is 8.40 Å². The third-order valence-electron chi connectivity index (χ3n) is 4.74. The van der Waals surface area contributed by atoms with E-state index in [1.54, 1.807) is 0 Å². The van der Waals surface area contributed by atoms with Crippen LogP contribution in [0.5, 0.6) is 0 Å². The molecule has 0 saturated heterocycles. The number of hydrogen-bond acceptors (Lipinski definition) is 2. The Kier molecular flexibility index (Phi) is 3.86. The monoisotopic (exact) mass is 226 g/mol. The molecule has 0 aromatic carbocycles. The first kappa shape index (κ1) is 11.6. The van der Waals surface area contributed by atoms with Gasteiger partial charge in [0.25, 0.3) is 0 Å². The summed E-state index contributed by atoms with van der Waals surface area (Å²) in [6.45, 7) is 0. The van der Waals surface area contributed by atoms with Crippen molar-refractivity contribution in [2.75, 3.05) is 7.05 Å². The molecule has 0 aromatic rings. The molecule has 2 saturated carbocycles. The van der Waals surface area contributed by atoms with Crippen LogP contribution >= 0.6 is 0 Å². The topological polar surface area (TPSA) is 38.0 Å². The molecule has 0 aliphatic heterocycles. The molecule has 0 spiro atoms. The van der Waals surface area contributed by atoms with Crippen molar-refractivity contribution >= 4 is 8.40 Å². The first-order chi connectivity index (χ1) is 7.27. The largest absolute Gasteiger partial charge is 0.339 e. The first-order valence-electron chi connectivity index (χ1n) is 6.75. The molecular formula is C12H26N2Si. The zero-order valence-electron chi connectivity index (χ0n) is 10.1. The van der Waals surface area contributed by atoms with Crippen LogP contribution in [-0.2, 0) is 0 Å². The number of rotatable bonds is 3. The van der Waals surface area contributed by atoms with Gasteiger partial charge in [-0.2, -0.15) is 0 Å². The number of nitrogens with one attached hydrogen (secondary N) is 1. The van der Waals surface area contributed by atoms with Crippen LogP contribution in [0, 0.1) is 0 Å². The lowest BCUT2D eigenvalue weighted by atomic mass is 10.0. The summed E-state index contributed by atoms with van der Waals surface area (Å²) in [7, 11) is 0.485. The fraction of sp³-hybridized carbons (Fsp3) is 1.00. The Morgan fingerprint density at radius 1 is 0.867 bits per heavy atom. The molecule has 1 atom stereocenters. The second kappa shape index (κ2) is 4.98. The molecule has 2 aliphatic rings.